The summed E-state index contributed by atoms with van der Waals surface area (Å²) in [6.07, 6.45) is 4.83. The highest BCUT2D eigenvalue weighted by molar-refractivity contribution is 14.0. The first-order valence-corrected chi connectivity index (χ1v) is 7.66. The number of likely N-dealkylation sites (tertiary alicyclic amines) is 1. The molecular weight excluding hydrogens is 373 g/mol. The molecule has 0 amide bonds. The van der Waals surface area contributed by atoms with Gasteiger partial charge in [0.25, 0.3) is 0 Å². The van der Waals surface area contributed by atoms with Crippen LogP contribution in [0.2, 0.25) is 0 Å². The SMILES string of the molecule is CC(C)(CN=C(N)N1CCCCC1)Cc1ccccc1.I. The van der Waals surface area contributed by atoms with Gasteiger partial charge >= 0.3 is 0 Å². The number of piperidine rings is 1. The molecule has 21 heavy (non-hydrogen) atoms. The van der Waals surface area contributed by atoms with Crippen molar-refractivity contribution in [2.24, 2.45) is 16.1 Å². The Labute approximate surface area is 146 Å². The molecule has 4 heteroatoms. The Morgan fingerprint density at radius 3 is 2.38 bits per heavy atom. The molecule has 0 atom stereocenters. The third-order valence-corrected chi connectivity index (χ3v) is 3.87. The summed E-state index contributed by atoms with van der Waals surface area (Å²) in [6, 6.07) is 10.6. The fourth-order valence-electron chi connectivity index (χ4n) is 2.72. The smallest absolute Gasteiger partial charge is 0.191 e. The molecule has 0 aliphatic carbocycles. The van der Waals surface area contributed by atoms with Gasteiger partial charge in [0.2, 0.25) is 0 Å². The lowest BCUT2D eigenvalue weighted by Crippen LogP contribution is -2.41. The molecule has 0 spiro atoms. The number of guanidine groups is 1. The van der Waals surface area contributed by atoms with Crippen LogP contribution in [0.5, 0.6) is 0 Å². The Morgan fingerprint density at radius 1 is 1.14 bits per heavy atom. The molecule has 118 valence electrons. The fraction of sp³-hybridized carbons (Fsp3) is 0.588. The van der Waals surface area contributed by atoms with E-state index in [0.29, 0.717) is 0 Å². The van der Waals surface area contributed by atoms with Gasteiger partial charge in [-0.25, -0.2) is 0 Å². The minimum absolute atomic E-state index is 0. The maximum atomic E-state index is 6.12. The van der Waals surface area contributed by atoms with Crippen LogP contribution in [0, 0.1) is 5.41 Å². The third kappa shape index (κ3) is 6.24. The summed E-state index contributed by atoms with van der Waals surface area (Å²) in [5.74, 6) is 0.728. The molecule has 2 N–H and O–H groups in total. The van der Waals surface area contributed by atoms with E-state index >= 15 is 0 Å². The topological polar surface area (TPSA) is 41.6 Å². The molecule has 2 rings (SSSR count). The van der Waals surface area contributed by atoms with E-state index in [4.69, 9.17) is 5.73 Å². The second-order valence-electron chi connectivity index (χ2n) is 6.55. The van der Waals surface area contributed by atoms with E-state index in [1.165, 1.54) is 24.8 Å². The second kappa shape index (κ2) is 8.61. The minimum Gasteiger partial charge on any atom is -0.370 e. The number of hydrogen-bond acceptors (Lipinski definition) is 1. The lowest BCUT2D eigenvalue weighted by molar-refractivity contribution is 0.331. The van der Waals surface area contributed by atoms with Crippen LogP contribution in [-0.4, -0.2) is 30.5 Å². The standard InChI is InChI=1S/C17H27N3.HI/c1-17(2,13-15-9-5-3-6-10-15)14-19-16(18)20-11-7-4-8-12-20;/h3,5-6,9-10H,4,7-8,11-14H2,1-2H3,(H2,18,19);1H. The fourth-order valence-corrected chi connectivity index (χ4v) is 2.72. The predicted octanol–water partition coefficient (Wildman–Crippen LogP) is 3.67. The number of halogens is 1. The van der Waals surface area contributed by atoms with Gasteiger partial charge in [0.1, 0.15) is 0 Å². The van der Waals surface area contributed by atoms with E-state index in [0.717, 1.165) is 32.0 Å². The van der Waals surface area contributed by atoms with E-state index in [9.17, 15) is 0 Å². The number of benzene rings is 1. The Kier molecular flexibility index (Phi) is 7.49. The summed E-state index contributed by atoms with van der Waals surface area (Å²) in [6.45, 7) is 7.42. The van der Waals surface area contributed by atoms with Crippen LogP contribution >= 0.6 is 24.0 Å². The normalized spacial score (nSPS) is 16.5. The summed E-state index contributed by atoms with van der Waals surface area (Å²) in [5.41, 5.74) is 7.63. The van der Waals surface area contributed by atoms with E-state index in [2.05, 4.69) is 54.1 Å². The Bertz CT molecular complexity index is 437. The number of hydrogen-bond donors (Lipinski definition) is 1. The Balaban J connectivity index is 0.00000220. The van der Waals surface area contributed by atoms with E-state index in [1.54, 1.807) is 0 Å². The van der Waals surface area contributed by atoms with Gasteiger partial charge in [0, 0.05) is 19.6 Å². The van der Waals surface area contributed by atoms with Gasteiger partial charge in [0.05, 0.1) is 0 Å². The maximum Gasteiger partial charge on any atom is 0.191 e. The Hall–Kier alpha value is -0.780. The second-order valence-corrected chi connectivity index (χ2v) is 6.55. The maximum absolute atomic E-state index is 6.12. The lowest BCUT2D eigenvalue weighted by Gasteiger charge is -2.29. The zero-order valence-corrected chi connectivity index (χ0v) is 15.5. The van der Waals surface area contributed by atoms with Gasteiger partial charge in [-0.3, -0.25) is 4.99 Å². The van der Waals surface area contributed by atoms with E-state index in [-0.39, 0.29) is 29.4 Å². The van der Waals surface area contributed by atoms with Gasteiger partial charge in [-0.1, -0.05) is 44.2 Å². The van der Waals surface area contributed by atoms with E-state index < -0.39 is 0 Å². The minimum atomic E-state index is 0. The molecule has 1 aromatic carbocycles. The molecule has 1 aliphatic heterocycles. The molecule has 3 nitrogen and oxygen atoms in total. The third-order valence-electron chi connectivity index (χ3n) is 3.87. The molecule has 1 fully saturated rings. The summed E-state index contributed by atoms with van der Waals surface area (Å²) in [5, 5.41) is 0. The molecule has 0 saturated carbocycles. The van der Waals surface area contributed by atoms with Crippen molar-refractivity contribution < 1.29 is 0 Å². The average molecular weight is 401 g/mol. The van der Waals surface area contributed by atoms with Crippen molar-refractivity contribution in [1.82, 2.24) is 4.90 Å². The summed E-state index contributed by atoms with van der Waals surface area (Å²) in [7, 11) is 0. The van der Waals surface area contributed by atoms with Crippen molar-refractivity contribution in [2.75, 3.05) is 19.6 Å². The predicted molar refractivity (Wildman–Crippen MR) is 101 cm³/mol. The van der Waals surface area contributed by atoms with Crippen molar-refractivity contribution in [1.29, 1.82) is 0 Å². The molecule has 0 unspecified atom stereocenters. The zero-order chi connectivity index (χ0) is 14.4. The molecule has 0 aromatic heterocycles. The van der Waals surface area contributed by atoms with Crippen LogP contribution in [0.4, 0.5) is 0 Å². The highest BCUT2D eigenvalue weighted by atomic mass is 127. The monoisotopic (exact) mass is 401 g/mol. The number of rotatable bonds is 4. The first kappa shape index (κ1) is 18.3. The molecule has 1 saturated heterocycles. The van der Waals surface area contributed by atoms with E-state index in [1.807, 2.05) is 0 Å². The summed E-state index contributed by atoms with van der Waals surface area (Å²) < 4.78 is 0. The summed E-state index contributed by atoms with van der Waals surface area (Å²) in [4.78, 5) is 6.86. The highest BCUT2D eigenvalue weighted by Crippen LogP contribution is 2.22. The molecule has 1 heterocycles. The van der Waals surface area contributed by atoms with Crippen molar-refractivity contribution in [3.8, 4) is 0 Å². The average Bonchev–Trinajstić information content (AvgIpc) is 2.46. The van der Waals surface area contributed by atoms with Gasteiger partial charge < -0.3 is 10.6 Å². The van der Waals surface area contributed by atoms with Crippen molar-refractivity contribution in [2.45, 2.75) is 39.5 Å². The molecule has 0 radical (unpaired) electrons. The van der Waals surface area contributed by atoms with Crippen LogP contribution in [-0.2, 0) is 6.42 Å². The molecule has 1 aliphatic rings. The largest absolute Gasteiger partial charge is 0.370 e. The van der Waals surface area contributed by atoms with Gasteiger partial charge in [-0.05, 0) is 36.7 Å². The van der Waals surface area contributed by atoms with Gasteiger partial charge in [-0.2, -0.15) is 0 Å². The van der Waals surface area contributed by atoms with Gasteiger partial charge in [-0.15, -0.1) is 24.0 Å². The first-order valence-electron chi connectivity index (χ1n) is 7.66. The quantitative estimate of drug-likeness (QED) is 0.475. The summed E-state index contributed by atoms with van der Waals surface area (Å²) >= 11 is 0. The van der Waals surface area contributed by atoms with Crippen LogP contribution in [0.3, 0.4) is 0 Å². The molecule has 0 bridgehead atoms. The van der Waals surface area contributed by atoms with Crippen molar-refractivity contribution in [3.05, 3.63) is 35.9 Å². The lowest BCUT2D eigenvalue weighted by atomic mass is 9.86. The van der Waals surface area contributed by atoms with Crippen LogP contribution in [0.15, 0.2) is 35.3 Å². The van der Waals surface area contributed by atoms with Crippen LogP contribution < -0.4 is 5.73 Å². The zero-order valence-electron chi connectivity index (χ0n) is 13.2. The molecular formula is C17H28IN3. The van der Waals surface area contributed by atoms with Crippen LogP contribution in [0.1, 0.15) is 38.7 Å². The Morgan fingerprint density at radius 2 is 1.76 bits per heavy atom. The van der Waals surface area contributed by atoms with Crippen LogP contribution in [0.25, 0.3) is 0 Å². The van der Waals surface area contributed by atoms with Crippen molar-refractivity contribution >= 4 is 29.9 Å². The first-order chi connectivity index (χ1) is 9.57. The van der Waals surface area contributed by atoms with Gasteiger partial charge in [0.15, 0.2) is 5.96 Å². The number of nitrogens with zero attached hydrogens (tertiary/aromatic N) is 2. The molecule has 1 aromatic rings. The number of aliphatic imine (C=N–C) groups is 1. The number of nitrogens with two attached hydrogens (primary N) is 1. The van der Waals surface area contributed by atoms with Crippen molar-refractivity contribution in [3.63, 3.8) is 0 Å². The highest BCUT2D eigenvalue weighted by Gasteiger charge is 2.19.